The normalized spacial score (nSPS) is 29.5. The lowest BCUT2D eigenvalue weighted by molar-refractivity contribution is -0.136. The molecule has 148 valence electrons. The van der Waals surface area contributed by atoms with Gasteiger partial charge in [0.2, 0.25) is 5.91 Å². The third-order valence-corrected chi connectivity index (χ3v) is 6.38. The van der Waals surface area contributed by atoms with Crippen LogP contribution in [0.4, 0.5) is 4.79 Å². The van der Waals surface area contributed by atoms with Crippen LogP contribution in [0.5, 0.6) is 0 Å². The molecule has 29 heavy (non-hydrogen) atoms. The van der Waals surface area contributed by atoms with E-state index in [1.165, 1.54) is 0 Å². The van der Waals surface area contributed by atoms with Crippen molar-refractivity contribution in [1.82, 2.24) is 5.32 Å². The summed E-state index contributed by atoms with van der Waals surface area (Å²) in [6.07, 6.45) is 0.115. The number of hydrogen-bond acceptors (Lipinski definition) is 4. The van der Waals surface area contributed by atoms with E-state index in [0.717, 1.165) is 11.1 Å². The summed E-state index contributed by atoms with van der Waals surface area (Å²) in [6.45, 7) is 1.80. The molecule has 2 aromatic carbocycles. The zero-order valence-electron chi connectivity index (χ0n) is 15.8. The first kappa shape index (κ1) is 19.3. The van der Waals surface area contributed by atoms with Gasteiger partial charge in [-0.25, -0.2) is 4.79 Å². The molecule has 2 unspecified atom stereocenters. The van der Waals surface area contributed by atoms with E-state index in [0.29, 0.717) is 5.02 Å². The third-order valence-electron chi connectivity index (χ3n) is 6.13. The fourth-order valence-corrected chi connectivity index (χ4v) is 4.94. The van der Waals surface area contributed by atoms with Crippen molar-refractivity contribution >= 4 is 35.2 Å². The van der Waals surface area contributed by atoms with Gasteiger partial charge in [-0.15, -0.1) is 0 Å². The summed E-state index contributed by atoms with van der Waals surface area (Å²) in [5, 5.41) is 2.88. The highest BCUT2D eigenvalue weighted by molar-refractivity contribution is 6.30. The number of carbonyl (C=O) groups is 3. The van der Waals surface area contributed by atoms with E-state index in [1.54, 1.807) is 31.2 Å². The minimum atomic E-state index is -1.36. The van der Waals surface area contributed by atoms with Crippen molar-refractivity contribution in [3.05, 3.63) is 70.7 Å². The maximum Gasteiger partial charge on any atom is 0.349 e. The van der Waals surface area contributed by atoms with Crippen molar-refractivity contribution in [2.75, 3.05) is 0 Å². The van der Waals surface area contributed by atoms with Crippen LogP contribution >= 0.6 is 11.6 Å². The van der Waals surface area contributed by atoms with Gasteiger partial charge in [0.15, 0.2) is 0 Å². The number of imide groups is 1. The van der Waals surface area contributed by atoms with E-state index in [-0.39, 0.29) is 18.0 Å². The average Bonchev–Trinajstić information content (AvgIpc) is 2.69. The summed E-state index contributed by atoms with van der Waals surface area (Å²) in [4.78, 5) is 42.3. The molecule has 2 aromatic rings. The molecule has 4 atom stereocenters. The number of Topliss-reactive ketones (excluding diaryl/α,β-unsaturated/α-hetero) is 1. The molecular formula is C22H20ClN3O3. The van der Waals surface area contributed by atoms with Crippen LogP contribution in [-0.4, -0.2) is 23.6 Å². The number of halogens is 1. The molecule has 1 spiro atoms. The van der Waals surface area contributed by atoms with Gasteiger partial charge in [-0.05, 0) is 23.3 Å². The van der Waals surface area contributed by atoms with Gasteiger partial charge in [0, 0.05) is 29.2 Å². The van der Waals surface area contributed by atoms with Gasteiger partial charge < -0.3 is 5.73 Å². The maximum atomic E-state index is 13.4. The molecule has 4 rings (SSSR count). The molecular weight excluding hydrogens is 390 g/mol. The lowest BCUT2D eigenvalue weighted by Gasteiger charge is -2.50. The zero-order valence-corrected chi connectivity index (χ0v) is 16.5. The lowest BCUT2D eigenvalue weighted by atomic mass is 9.51. The van der Waals surface area contributed by atoms with Crippen molar-refractivity contribution in [3.63, 3.8) is 0 Å². The second-order valence-corrected chi connectivity index (χ2v) is 8.01. The van der Waals surface area contributed by atoms with E-state index < -0.39 is 35.1 Å². The fourth-order valence-electron chi connectivity index (χ4n) is 4.82. The van der Waals surface area contributed by atoms with Gasteiger partial charge in [-0.2, -0.15) is 4.99 Å². The number of nitrogens with zero attached hydrogens (tertiary/aromatic N) is 1. The van der Waals surface area contributed by atoms with Gasteiger partial charge >= 0.3 is 6.03 Å². The number of nitrogens with one attached hydrogen (secondary N) is 1. The molecule has 7 heteroatoms. The van der Waals surface area contributed by atoms with Crippen molar-refractivity contribution in [1.29, 1.82) is 0 Å². The van der Waals surface area contributed by atoms with Crippen LogP contribution in [0.1, 0.15) is 36.3 Å². The molecule has 1 aliphatic heterocycles. The molecule has 0 bridgehead atoms. The molecule has 1 aliphatic carbocycles. The van der Waals surface area contributed by atoms with Gasteiger partial charge in [-0.3, -0.25) is 14.9 Å². The molecule has 0 saturated heterocycles. The largest absolute Gasteiger partial charge is 0.386 e. The molecule has 6 nitrogen and oxygen atoms in total. The molecule has 3 N–H and O–H groups in total. The number of hydrogen-bond donors (Lipinski definition) is 2. The summed E-state index contributed by atoms with van der Waals surface area (Å²) in [5.41, 5.74) is 6.53. The van der Waals surface area contributed by atoms with Crippen LogP contribution in [0, 0.1) is 11.3 Å². The van der Waals surface area contributed by atoms with Gasteiger partial charge in [0.25, 0.3) is 0 Å². The summed E-state index contributed by atoms with van der Waals surface area (Å²) in [7, 11) is 0. The zero-order chi connectivity index (χ0) is 20.8. The predicted octanol–water partition coefficient (Wildman–Crippen LogP) is 3.41. The highest BCUT2D eigenvalue weighted by Gasteiger charge is 2.62. The molecule has 3 amide bonds. The Balaban J connectivity index is 2.01. The van der Waals surface area contributed by atoms with Crippen molar-refractivity contribution in [2.24, 2.45) is 22.1 Å². The van der Waals surface area contributed by atoms with Gasteiger partial charge in [0.05, 0.1) is 0 Å². The highest BCUT2D eigenvalue weighted by atomic mass is 35.5. The summed E-state index contributed by atoms with van der Waals surface area (Å²) >= 11 is 6.04. The van der Waals surface area contributed by atoms with Crippen LogP contribution in [0.2, 0.25) is 5.02 Å². The first-order valence-corrected chi connectivity index (χ1v) is 9.76. The first-order valence-electron chi connectivity index (χ1n) is 9.39. The van der Waals surface area contributed by atoms with E-state index in [1.807, 2.05) is 30.3 Å². The van der Waals surface area contributed by atoms with Crippen LogP contribution in [-0.2, 0) is 9.59 Å². The molecule has 0 aromatic heterocycles. The Morgan fingerprint density at radius 3 is 2.31 bits per heavy atom. The third kappa shape index (κ3) is 2.95. The van der Waals surface area contributed by atoms with E-state index in [4.69, 9.17) is 17.3 Å². The number of urea groups is 1. The molecule has 1 heterocycles. The van der Waals surface area contributed by atoms with E-state index >= 15 is 0 Å². The van der Waals surface area contributed by atoms with Crippen molar-refractivity contribution in [3.8, 4) is 0 Å². The molecule has 0 radical (unpaired) electrons. The Morgan fingerprint density at radius 2 is 1.69 bits per heavy atom. The number of amidine groups is 1. The smallest absolute Gasteiger partial charge is 0.349 e. The summed E-state index contributed by atoms with van der Waals surface area (Å²) < 4.78 is 0. The van der Waals surface area contributed by atoms with E-state index in [2.05, 4.69) is 10.3 Å². The Kier molecular flexibility index (Phi) is 4.74. The Morgan fingerprint density at radius 1 is 1.03 bits per heavy atom. The second kappa shape index (κ2) is 7.12. The number of nitrogens with two attached hydrogens (primary N) is 1. The van der Waals surface area contributed by atoms with Crippen molar-refractivity contribution in [2.45, 2.75) is 25.2 Å². The average molecular weight is 410 g/mol. The van der Waals surface area contributed by atoms with Crippen LogP contribution in [0.25, 0.3) is 0 Å². The monoisotopic (exact) mass is 409 g/mol. The predicted molar refractivity (Wildman–Crippen MR) is 110 cm³/mol. The maximum absolute atomic E-state index is 13.4. The minimum Gasteiger partial charge on any atom is -0.386 e. The number of benzene rings is 2. The molecule has 2 aliphatic rings. The van der Waals surface area contributed by atoms with Crippen LogP contribution < -0.4 is 11.1 Å². The number of aliphatic imine (C=N–C) groups is 1. The van der Waals surface area contributed by atoms with Crippen LogP contribution in [0.15, 0.2) is 59.6 Å². The summed E-state index contributed by atoms with van der Waals surface area (Å²) in [6, 6.07) is 15.5. The quantitative estimate of drug-likeness (QED) is 0.793. The number of amides is 3. The van der Waals surface area contributed by atoms with E-state index in [9.17, 15) is 14.4 Å². The molecule has 1 fully saturated rings. The second-order valence-electron chi connectivity index (χ2n) is 7.58. The van der Waals surface area contributed by atoms with Crippen molar-refractivity contribution < 1.29 is 14.4 Å². The van der Waals surface area contributed by atoms with Gasteiger partial charge in [-0.1, -0.05) is 61.0 Å². The standard InChI is InChI=1S/C22H20ClN3O3/c1-12-17(27)11-16(13-7-9-15(23)10-8-13)22(18(12)14-5-3-2-4-6-14)19(24)25-21(29)26-20(22)28/h2-10,12,16,18H,11H2,1H3,(H3,24,25,26,28,29)/t12-,16?,18-,22?/m0/s1. The number of ketones is 1. The minimum absolute atomic E-state index is 0.0296. The Bertz CT molecular complexity index is 1020. The van der Waals surface area contributed by atoms with Gasteiger partial charge in [0.1, 0.15) is 17.0 Å². The number of carbonyl (C=O) groups excluding carboxylic acids is 3. The Labute approximate surface area is 173 Å². The SMILES string of the molecule is C[C@H]1C(=O)CC(c2ccc(Cl)cc2)C2(C(=O)NC(=O)N=C2N)[C@@H]1c1ccccc1. The topological polar surface area (TPSA) is 102 Å². The van der Waals surface area contributed by atoms with Crippen LogP contribution in [0.3, 0.4) is 0 Å². The summed E-state index contributed by atoms with van der Waals surface area (Å²) in [5.74, 6) is -2.17. The number of rotatable bonds is 2. The Hall–Kier alpha value is -2.99. The molecule has 1 saturated carbocycles. The lowest BCUT2D eigenvalue weighted by Crippen LogP contribution is -2.64. The fraction of sp³-hybridized carbons (Fsp3) is 0.273. The first-order chi connectivity index (χ1) is 13.9. The highest BCUT2D eigenvalue weighted by Crippen LogP contribution is 2.57.